The largest absolute Gasteiger partial charge is 0.298 e. The van der Waals surface area contributed by atoms with E-state index in [-0.39, 0.29) is 11.6 Å². The number of benzene rings is 1. The Morgan fingerprint density at radius 3 is 2.05 bits per heavy atom. The Morgan fingerprint density at radius 1 is 0.864 bits per heavy atom. The molecule has 120 valence electrons. The SMILES string of the molecule is O=C1CCCCCCCCCCC1(Br)C(=O)c1ccccc1. The molecular weight excluding hydrogens is 340 g/mol. The zero-order chi connectivity index (χ0) is 15.8. The number of Topliss-reactive ketones (excluding diaryl/α,β-unsaturated/α-hetero) is 2. The van der Waals surface area contributed by atoms with E-state index in [1.54, 1.807) is 12.1 Å². The summed E-state index contributed by atoms with van der Waals surface area (Å²) >= 11 is 3.55. The number of carbonyl (C=O) groups is 2. The number of rotatable bonds is 2. The summed E-state index contributed by atoms with van der Waals surface area (Å²) in [5.74, 6) is -0.0166. The highest BCUT2D eigenvalue weighted by Gasteiger charge is 2.42. The smallest absolute Gasteiger partial charge is 0.187 e. The molecule has 1 atom stereocenters. The highest BCUT2D eigenvalue weighted by molar-refractivity contribution is 9.10. The summed E-state index contributed by atoms with van der Waals surface area (Å²) in [6.07, 6.45) is 10.1. The first kappa shape index (κ1) is 17.4. The molecule has 1 aliphatic carbocycles. The Hall–Kier alpha value is -0.960. The Kier molecular flexibility index (Phi) is 6.81. The lowest BCUT2D eigenvalue weighted by Crippen LogP contribution is -2.41. The summed E-state index contributed by atoms with van der Waals surface area (Å²) in [4.78, 5) is 25.6. The van der Waals surface area contributed by atoms with Crippen LogP contribution in [-0.2, 0) is 4.79 Å². The van der Waals surface area contributed by atoms with E-state index in [0.29, 0.717) is 18.4 Å². The molecule has 2 nitrogen and oxygen atoms in total. The van der Waals surface area contributed by atoms with Crippen LogP contribution >= 0.6 is 15.9 Å². The first-order valence-electron chi connectivity index (χ1n) is 8.47. The molecule has 0 saturated heterocycles. The third kappa shape index (κ3) is 4.52. The molecule has 2 rings (SSSR count). The van der Waals surface area contributed by atoms with Crippen LogP contribution in [0.5, 0.6) is 0 Å². The maximum absolute atomic E-state index is 12.9. The van der Waals surface area contributed by atoms with Gasteiger partial charge in [-0.05, 0) is 12.8 Å². The summed E-state index contributed by atoms with van der Waals surface area (Å²) in [5.41, 5.74) is 0.625. The van der Waals surface area contributed by atoms with Gasteiger partial charge in [0.2, 0.25) is 0 Å². The van der Waals surface area contributed by atoms with Gasteiger partial charge in [0.1, 0.15) is 4.32 Å². The van der Waals surface area contributed by atoms with Crippen molar-refractivity contribution in [3.63, 3.8) is 0 Å². The quantitative estimate of drug-likeness (QED) is 0.395. The highest BCUT2D eigenvalue weighted by atomic mass is 79.9. The number of carbonyl (C=O) groups excluding carboxylic acids is 2. The molecule has 0 amide bonds. The number of hydrogen-bond donors (Lipinski definition) is 0. The van der Waals surface area contributed by atoms with Crippen LogP contribution in [0, 0.1) is 0 Å². The molecule has 0 aromatic heterocycles. The minimum atomic E-state index is -1.02. The molecular formula is C19H25BrO2. The topological polar surface area (TPSA) is 34.1 Å². The van der Waals surface area contributed by atoms with Gasteiger partial charge in [0.05, 0.1) is 0 Å². The lowest BCUT2D eigenvalue weighted by molar-refractivity contribution is -0.120. The summed E-state index contributed by atoms with van der Waals surface area (Å²) < 4.78 is -1.02. The Bertz CT molecular complexity index is 497. The minimum Gasteiger partial charge on any atom is -0.298 e. The fourth-order valence-electron chi connectivity index (χ4n) is 3.11. The van der Waals surface area contributed by atoms with Crippen LogP contribution in [0.1, 0.15) is 74.6 Å². The zero-order valence-electron chi connectivity index (χ0n) is 13.2. The van der Waals surface area contributed by atoms with E-state index < -0.39 is 4.32 Å². The average molecular weight is 365 g/mol. The van der Waals surface area contributed by atoms with Gasteiger partial charge < -0.3 is 0 Å². The zero-order valence-corrected chi connectivity index (χ0v) is 14.7. The lowest BCUT2D eigenvalue weighted by Gasteiger charge is -2.25. The van der Waals surface area contributed by atoms with Crippen molar-refractivity contribution in [1.29, 1.82) is 0 Å². The predicted molar refractivity (Wildman–Crippen MR) is 93.6 cm³/mol. The fourth-order valence-corrected chi connectivity index (χ4v) is 3.82. The maximum atomic E-state index is 12.9. The van der Waals surface area contributed by atoms with Crippen molar-refractivity contribution in [2.75, 3.05) is 0 Å². The molecule has 0 N–H and O–H groups in total. The van der Waals surface area contributed by atoms with Crippen LogP contribution in [0.3, 0.4) is 0 Å². The summed E-state index contributed by atoms with van der Waals surface area (Å²) in [5, 5.41) is 0. The molecule has 22 heavy (non-hydrogen) atoms. The van der Waals surface area contributed by atoms with Gasteiger partial charge in [-0.25, -0.2) is 0 Å². The van der Waals surface area contributed by atoms with Crippen molar-refractivity contribution in [2.45, 2.75) is 68.5 Å². The molecule has 0 radical (unpaired) electrons. The van der Waals surface area contributed by atoms with E-state index >= 15 is 0 Å². The summed E-state index contributed by atoms with van der Waals surface area (Å²) in [7, 11) is 0. The molecule has 0 heterocycles. The molecule has 1 unspecified atom stereocenters. The average Bonchev–Trinajstić information content (AvgIpc) is 2.55. The fraction of sp³-hybridized carbons (Fsp3) is 0.579. The third-order valence-electron chi connectivity index (χ3n) is 4.51. The van der Waals surface area contributed by atoms with E-state index in [0.717, 1.165) is 25.7 Å². The van der Waals surface area contributed by atoms with Crippen LogP contribution in [0.4, 0.5) is 0 Å². The van der Waals surface area contributed by atoms with E-state index in [4.69, 9.17) is 0 Å². The molecule has 0 bridgehead atoms. The highest BCUT2D eigenvalue weighted by Crippen LogP contribution is 2.33. The molecule has 3 heteroatoms. The van der Waals surface area contributed by atoms with Crippen LogP contribution in [0.2, 0.25) is 0 Å². The second-order valence-electron chi connectivity index (χ2n) is 6.25. The predicted octanol–water partition coefficient (Wildman–Crippen LogP) is 5.49. The molecule has 1 aromatic rings. The monoisotopic (exact) mass is 364 g/mol. The third-order valence-corrected chi connectivity index (χ3v) is 5.71. The second-order valence-corrected chi connectivity index (χ2v) is 7.60. The van der Waals surface area contributed by atoms with Crippen LogP contribution in [-0.4, -0.2) is 15.9 Å². The van der Waals surface area contributed by atoms with Gasteiger partial charge in [0, 0.05) is 12.0 Å². The van der Waals surface area contributed by atoms with Crippen molar-refractivity contribution in [2.24, 2.45) is 0 Å². The van der Waals surface area contributed by atoms with Crippen LogP contribution in [0.15, 0.2) is 30.3 Å². The number of ketones is 2. The van der Waals surface area contributed by atoms with Gasteiger partial charge in [0.15, 0.2) is 11.6 Å². The van der Waals surface area contributed by atoms with Crippen LogP contribution in [0.25, 0.3) is 0 Å². The lowest BCUT2D eigenvalue weighted by atomic mass is 9.86. The van der Waals surface area contributed by atoms with Gasteiger partial charge in [-0.3, -0.25) is 9.59 Å². The molecule has 1 fully saturated rings. The Labute approximate surface area is 141 Å². The van der Waals surface area contributed by atoms with E-state index in [1.165, 1.54) is 25.7 Å². The summed E-state index contributed by atoms with van der Waals surface area (Å²) in [6, 6.07) is 9.19. The Balaban J connectivity index is 2.16. The maximum Gasteiger partial charge on any atom is 0.187 e. The van der Waals surface area contributed by atoms with Crippen molar-refractivity contribution >= 4 is 27.5 Å². The van der Waals surface area contributed by atoms with Gasteiger partial charge in [-0.2, -0.15) is 0 Å². The molecule has 0 aliphatic heterocycles. The standard InChI is InChI=1S/C19H25BrO2/c20-19(18(22)16-12-8-7-9-13-16)15-11-6-4-2-1-3-5-10-14-17(19)21/h7-9,12-13H,1-6,10-11,14-15H2. The van der Waals surface area contributed by atoms with Gasteiger partial charge in [-0.1, -0.05) is 91.2 Å². The first-order chi connectivity index (χ1) is 10.6. The van der Waals surface area contributed by atoms with E-state index in [9.17, 15) is 9.59 Å². The van der Waals surface area contributed by atoms with E-state index in [2.05, 4.69) is 15.9 Å². The molecule has 1 saturated carbocycles. The normalized spacial score (nSPS) is 25.0. The number of alkyl halides is 1. The second kappa shape index (κ2) is 8.61. The van der Waals surface area contributed by atoms with Crippen molar-refractivity contribution < 1.29 is 9.59 Å². The van der Waals surface area contributed by atoms with Crippen LogP contribution < -0.4 is 0 Å². The summed E-state index contributed by atoms with van der Waals surface area (Å²) in [6.45, 7) is 0. The van der Waals surface area contributed by atoms with Crippen molar-refractivity contribution in [1.82, 2.24) is 0 Å². The molecule has 1 aromatic carbocycles. The molecule has 1 aliphatic rings. The van der Waals surface area contributed by atoms with Gasteiger partial charge in [0.25, 0.3) is 0 Å². The first-order valence-corrected chi connectivity index (χ1v) is 9.26. The van der Waals surface area contributed by atoms with E-state index in [1.807, 2.05) is 18.2 Å². The van der Waals surface area contributed by atoms with Crippen molar-refractivity contribution in [3.8, 4) is 0 Å². The van der Waals surface area contributed by atoms with Gasteiger partial charge >= 0.3 is 0 Å². The molecule has 0 spiro atoms. The number of halogens is 1. The number of hydrogen-bond acceptors (Lipinski definition) is 2. The van der Waals surface area contributed by atoms with Gasteiger partial charge in [-0.15, -0.1) is 0 Å². The minimum absolute atomic E-state index is 0.0573. The Morgan fingerprint density at radius 2 is 1.41 bits per heavy atom. The van der Waals surface area contributed by atoms with Crippen molar-refractivity contribution in [3.05, 3.63) is 35.9 Å².